The maximum Gasteiger partial charge on any atom is 0.416 e. The Balaban J connectivity index is 1.64. The molecule has 0 spiro atoms. The van der Waals surface area contributed by atoms with Crippen LogP contribution in [0, 0.1) is 0 Å². The molecule has 2 aromatic carbocycles. The number of aromatic nitrogens is 2. The standard InChI is InChI=1S/C19H16F3N3O3/c1-2-27-15-8-6-13(7-9-15)17-24-25-18(28-17)23-16(26)11-12-4-3-5-14(10-12)19(20,21)22/h3-10H,2,11H2,1H3,(H,23,25,26). The molecule has 0 saturated carbocycles. The van der Waals surface area contributed by atoms with Gasteiger partial charge >= 0.3 is 12.2 Å². The van der Waals surface area contributed by atoms with Gasteiger partial charge in [0.2, 0.25) is 11.8 Å². The summed E-state index contributed by atoms with van der Waals surface area (Å²) in [5.74, 6) is 0.319. The lowest BCUT2D eigenvalue weighted by Crippen LogP contribution is -2.15. The monoisotopic (exact) mass is 391 g/mol. The highest BCUT2D eigenvalue weighted by atomic mass is 19.4. The van der Waals surface area contributed by atoms with E-state index in [0.717, 1.165) is 12.1 Å². The molecule has 1 heterocycles. The first-order valence-electron chi connectivity index (χ1n) is 8.38. The minimum Gasteiger partial charge on any atom is -0.494 e. The number of rotatable bonds is 6. The number of halogens is 3. The van der Waals surface area contributed by atoms with Crippen molar-refractivity contribution in [2.75, 3.05) is 11.9 Å². The van der Waals surface area contributed by atoms with Crippen molar-refractivity contribution in [2.24, 2.45) is 0 Å². The van der Waals surface area contributed by atoms with Crippen LogP contribution in [0.25, 0.3) is 11.5 Å². The molecule has 0 bridgehead atoms. The van der Waals surface area contributed by atoms with E-state index in [1.54, 1.807) is 24.3 Å². The maximum atomic E-state index is 12.7. The van der Waals surface area contributed by atoms with Gasteiger partial charge in [-0.25, -0.2) is 0 Å². The number of carbonyl (C=O) groups excluding carboxylic acids is 1. The summed E-state index contributed by atoms with van der Waals surface area (Å²) >= 11 is 0. The number of amides is 1. The van der Waals surface area contributed by atoms with E-state index in [1.807, 2.05) is 6.92 Å². The molecule has 0 aliphatic rings. The molecule has 6 nitrogen and oxygen atoms in total. The number of nitrogens with zero attached hydrogens (tertiary/aromatic N) is 2. The molecule has 0 atom stereocenters. The number of hydrogen-bond acceptors (Lipinski definition) is 5. The van der Waals surface area contributed by atoms with E-state index in [0.29, 0.717) is 17.9 Å². The van der Waals surface area contributed by atoms with E-state index < -0.39 is 17.6 Å². The Kier molecular flexibility index (Phi) is 5.62. The lowest BCUT2D eigenvalue weighted by molar-refractivity contribution is -0.137. The summed E-state index contributed by atoms with van der Waals surface area (Å²) in [7, 11) is 0. The molecular formula is C19H16F3N3O3. The van der Waals surface area contributed by atoms with Gasteiger partial charge in [0, 0.05) is 5.56 Å². The van der Waals surface area contributed by atoms with Crippen molar-refractivity contribution in [3.63, 3.8) is 0 Å². The molecule has 146 valence electrons. The third kappa shape index (κ3) is 4.87. The first-order valence-corrected chi connectivity index (χ1v) is 8.38. The van der Waals surface area contributed by atoms with Gasteiger partial charge in [-0.1, -0.05) is 23.3 Å². The van der Waals surface area contributed by atoms with Crippen molar-refractivity contribution in [3.8, 4) is 17.2 Å². The summed E-state index contributed by atoms with van der Waals surface area (Å²) in [6.07, 6.45) is -4.73. The number of ether oxygens (including phenoxy) is 1. The molecule has 0 aliphatic carbocycles. The largest absolute Gasteiger partial charge is 0.494 e. The molecule has 1 amide bonds. The van der Waals surface area contributed by atoms with Gasteiger partial charge in [0.05, 0.1) is 18.6 Å². The summed E-state index contributed by atoms with van der Waals surface area (Å²) in [6, 6.07) is 11.4. The molecular weight excluding hydrogens is 375 g/mol. The molecule has 9 heteroatoms. The van der Waals surface area contributed by atoms with E-state index >= 15 is 0 Å². The van der Waals surface area contributed by atoms with Gasteiger partial charge in [-0.05, 0) is 42.8 Å². The number of alkyl halides is 3. The summed E-state index contributed by atoms with van der Waals surface area (Å²) in [4.78, 5) is 12.1. The predicted molar refractivity (Wildman–Crippen MR) is 94.7 cm³/mol. The maximum absolute atomic E-state index is 12.7. The fraction of sp³-hybridized carbons (Fsp3) is 0.211. The van der Waals surface area contributed by atoms with Gasteiger partial charge in [0.15, 0.2) is 0 Å². The topological polar surface area (TPSA) is 77.3 Å². The molecule has 0 fully saturated rings. The van der Waals surface area contributed by atoms with Gasteiger partial charge < -0.3 is 9.15 Å². The van der Waals surface area contributed by atoms with Gasteiger partial charge in [-0.15, -0.1) is 5.10 Å². The first kappa shape index (κ1) is 19.4. The lowest BCUT2D eigenvalue weighted by Gasteiger charge is -2.08. The molecule has 0 radical (unpaired) electrons. The van der Waals surface area contributed by atoms with Gasteiger partial charge in [0.1, 0.15) is 5.75 Å². The van der Waals surface area contributed by atoms with Crippen LogP contribution in [-0.4, -0.2) is 22.7 Å². The Morgan fingerprint density at radius 1 is 1.14 bits per heavy atom. The predicted octanol–water partition coefficient (Wildman–Crippen LogP) is 4.34. The van der Waals surface area contributed by atoms with E-state index in [1.165, 1.54) is 12.1 Å². The molecule has 1 N–H and O–H groups in total. The zero-order chi connectivity index (χ0) is 20.1. The average Bonchev–Trinajstić information content (AvgIpc) is 3.10. The molecule has 28 heavy (non-hydrogen) atoms. The van der Waals surface area contributed by atoms with Gasteiger partial charge in [-0.2, -0.15) is 13.2 Å². The second-order valence-electron chi connectivity index (χ2n) is 5.79. The minimum absolute atomic E-state index is 0.138. The van der Waals surface area contributed by atoms with Crippen molar-refractivity contribution in [3.05, 3.63) is 59.7 Å². The van der Waals surface area contributed by atoms with Crippen molar-refractivity contribution in [1.82, 2.24) is 10.2 Å². The second kappa shape index (κ2) is 8.12. The normalized spacial score (nSPS) is 11.3. The smallest absolute Gasteiger partial charge is 0.416 e. The number of anilines is 1. The fourth-order valence-electron chi connectivity index (χ4n) is 2.46. The van der Waals surface area contributed by atoms with Crippen molar-refractivity contribution >= 4 is 11.9 Å². The highest BCUT2D eigenvalue weighted by Crippen LogP contribution is 2.29. The SMILES string of the molecule is CCOc1ccc(-c2nnc(NC(=O)Cc3cccc(C(F)(F)F)c3)o2)cc1. The van der Waals surface area contributed by atoms with Crippen molar-refractivity contribution < 1.29 is 27.1 Å². The summed E-state index contributed by atoms with van der Waals surface area (Å²) in [5, 5.41) is 9.96. The first-order chi connectivity index (χ1) is 13.3. The zero-order valence-electron chi connectivity index (χ0n) is 14.8. The summed E-state index contributed by atoms with van der Waals surface area (Å²) < 4.78 is 49.0. The van der Waals surface area contributed by atoms with Crippen LogP contribution < -0.4 is 10.1 Å². The highest BCUT2D eigenvalue weighted by molar-refractivity contribution is 5.90. The Morgan fingerprint density at radius 2 is 1.89 bits per heavy atom. The Bertz CT molecular complexity index is 953. The molecule has 3 aromatic rings. The van der Waals surface area contributed by atoms with E-state index in [4.69, 9.17) is 9.15 Å². The minimum atomic E-state index is -4.47. The number of carbonyl (C=O) groups is 1. The second-order valence-corrected chi connectivity index (χ2v) is 5.79. The van der Waals surface area contributed by atoms with Crippen LogP contribution in [0.4, 0.5) is 19.2 Å². The molecule has 0 saturated heterocycles. The van der Waals surface area contributed by atoms with Crippen LogP contribution in [0.5, 0.6) is 5.75 Å². The van der Waals surface area contributed by atoms with Crippen LogP contribution in [-0.2, 0) is 17.4 Å². The molecule has 1 aromatic heterocycles. The Hall–Kier alpha value is -3.36. The van der Waals surface area contributed by atoms with Gasteiger partial charge in [0.25, 0.3) is 0 Å². The molecule has 0 aliphatic heterocycles. The van der Waals surface area contributed by atoms with Crippen LogP contribution in [0.3, 0.4) is 0 Å². The third-order valence-corrected chi connectivity index (χ3v) is 3.70. The average molecular weight is 391 g/mol. The molecule has 0 unspecified atom stereocenters. The fourth-order valence-corrected chi connectivity index (χ4v) is 2.46. The molecule has 3 rings (SSSR count). The zero-order valence-corrected chi connectivity index (χ0v) is 14.8. The van der Waals surface area contributed by atoms with E-state index in [2.05, 4.69) is 15.5 Å². The third-order valence-electron chi connectivity index (χ3n) is 3.70. The van der Waals surface area contributed by atoms with Crippen LogP contribution in [0.2, 0.25) is 0 Å². The van der Waals surface area contributed by atoms with Crippen LogP contribution in [0.1, 0.15) is 18.1 Å². The van der Waals surface area contributed by atoms with Crippen molar-refractivity contribution in [1.29, 1.82) is 0 Å². The van der Waals surface area contributed by atoms with Crippen molar-refractivity contribution in [2.45, 2.75) is 19.5 Å². The summed E-state index contributed by atoms with van der Waals surface area (Å²) in [6.45, 7) is 2.42. The van der Waals surface area contributed by atoms with E-state index in [9.17, 15) is 18.0 Å². The Morgan fingerprint density at radius 3 is 2.57 bits per heavy atom. The van der Waals surface area contributed by atoms with Crippen LogP contribution >= 0.6 is 0 Å². The van der Waals surface area contributed by atoms with Crippen LogP contribution in [0.15, 0.2) is 52.9 Å². The lowest BCUT2D eigenvalue weighted by atomic mass is 10.1. The summed E-state index contributed by atoms with van der Waals surface area (Å²) in [5.41, 5.74) is 0.0429. The Labute approximate surface area is 158 Å². The van der Waals surface area contributed by atoms with Gasteiger partial charge in [-0.3, -0.25) is 10.1 Å². The number of benzene rings is 2. The highest BCUT2D eigenvalue weighted by Gasteiger charge is 2.30. The van der Waals surface area contributed by atoms with E-state index in [-0.39, 0.29) is 23.9 Å². The number of hydrogen-bond donors (Lipinski definition) is 1. The quantitative estimate of drug-likeness (QED) is 0.677. The number of nitrogens with one attached hydrogen (secondary N) is 1.